The number of nitrogens with zero attached hydrogens (tertiary/aromatic N) is 3. The van der Waals surface area contributed by atoms with Gasteiger partial charge in [0.1, 0.15) is 11.6 Å². The fourth-order valence-electron chi connectivity index (χ4n) is 4.38. The minimum absolute atomic E-state index is 0.0779. The molecule has 0 unspecified atom stereocenters. The minimum atomic E-state index is -0.0779. The first-order valence-electron chi connectivity index (χ1n) is 10.9. The number of ether oxygens (including phenoxy) is 1. The Morgan fingerprint density at radius 1 is 0.909 bits per heavy atom. The van der Waals surface area contributed by atoms with E-state index in [-0.39, 0.29) is 5.56 Å². The summed E-state index contributed by atoms with van der Waals surface area (Å²) in [5.74, 6) is 1.40. The molecule has 0 bridgehead atoms. The van der Waals surface area contributed by atoms with Gasteiger partial charge in [0.15, 0.2) is 0 Å². The maximum Gasteiger partial charge on any atom is 0.266 e. The highest BCUT2D eigenvalue weighted by molar-refractivity contribution is 5.94. The molecule has 5 nitrogen and oxygen atoms in total. The summed E-state index contributed by atoms with van der Waals surface area (Å²) in [5.41, 5.74) is 5.77. The zero-order chi connectivity index (χ0) is 23.1. The average molecular weight is 436 g/mol. The first kappa shape index (κ1) is 20.8. The molecular formula is C28H25N3O2. The second kappa shape index (κ2) is 8.10. The lowest BCUT2D eigenvalue weighted by Crippen LogP contribution is -2.23. The van der Waals surface area contributed by atoms with Gasteiger partial charge in [-0.05, 0) is 68.0 Å². The lowest BCUT2D eigenvalue weighted by atomic mass is 10.1. The molecule has 33 heavy (non-hydrogen) atoms. The van der Waals surface area contributed by atoms with Gasteiger partial charge in [-0.25, -0.2) is 4.98 Å². The fourth-order valence-corrected chi connectivity index (χ4v) is 4.38. The van der Waals surface area contributed by atoms with E-state index >= 15 is 0 Å². The van der Waals surface area contributed by atoms with Crippen LogP contribution in [0.5, 0.6) is 5.75 Å². The third-order valence-electron chi connectivity index (χ3n) is 6.31. The van der Waals surface area contributed by atoms with Crippen molar-refractivity contribution < 1.29 is 4.74 Å². The van der Waals surface area contributed by atoms with Crippen molar-refractivity contribution in [3.63, 3.8) is 0 Å². The Balaban J connectivity index is 1.77. The van der Waals surface area contributed by atoms with Crippen LogP contribution in [0.1, 0.15) is 22.6 Å². The number of aryl methyl sites for hydroxylation is 2. The van der Waals surface area contributed by atoms with Crippen LogP contribution in [0.2, 0.25) is 0 Å². The number of hydrogen-bond donors (Lipinski definition) is 0. The van der Waals surface area contributed by atoms with E-state index in [9.17, 15) is 4.79 Å². The molecule has 0 fully saturated rings. The summed E-state index contributed by atoms with van der Waals surface area (Å²) in [7, 11) is 3.73. The van der Waals surface area contributed by atoms with Crippen LogP contribution in [0, 0.1) is 13.8 Å². The number of hydrogen-bond acceptors (Lipinski definition) is 3. The minimum Gasteiger partial charge on any atom is -0.497 e. The van der Waals surface area contributed by atoms with Gasteiger partial charge in [-0.1, -0.05) is 30.3 Å². The van der Waals surface area contributed by atoms with Crippen molar-refractivity contribution >= 4 is 34.0 Å². The van der Waals surface area contributed by atoms with Crippen LogP contribution in [-0.4, -0.2) is 21.2 Å². The van der Waals surface area contributed by atoms with Crippen LogP contribution in [0.3, 0.4) is 0 Å². The molecule has 5 aromatic rings. The van der Waals surface area contributed by atoms with Crippen molar-refractivity contribution in [3.8, 4) is 11.4 Å². The molecule has 0 amide bonds. The highest BCUT2D eigenvalue weighted by Crippen LogP contribution is 2.30. The van der Waals surface area contributed by atoms with Crippen LogP contribution in [0.4, 0.5) is 0 Å². The fraction of sp³-hybridized carbons (Fsp3) is 0.143. The summed E-state index contributed by atoms with van der Waals surface area (Å²) in [5, 5.41) is 1.69. The van der Waals surface area contributed by atoms with Gasteiger partial charge in [0.25, 0.3) is 5.56 Å². The average Bonchev–Trinajstić information content (AvgIpc) is 3.07. The van der Waals surface area contributed by atoms with Gasteiger partial charge in [0.2, 0.25) is 0 Å². The summed E-state index contributed by atoms with van der Waals surface area (Å²) >= 11 is 0. The van der Waals surface area contributed by atoms with E-state index in [0.717, 1.165) is 39.2 Å². The molecule has 0 saturated carbocycles. The van der Waals surface area contributed by atoms with Crippen molar-refractivity contribution in [2.24, 2.45) is 7.05 Å². The van der Waals surface area contributed by atoms with Crippen molar-refractivity contribution in [1.29, 1.82) is 0 Å². The van der Waals surface area contributed by atoms with Crippen molar-refractivity contribution in [3.05, 3.63) is 99.7 Å². The molecule has 0 aliphatic heterocycles. The molecule has 0 radical (unpaired) electrons. The predicted molar refractivity (Wildman–Crippen MR) is 135 cm³/mol. The number of aromatic nitrogens is 3. The lowest BCUT2D eigenvalue weighted by molar-refractivity contribution is 0.415. The summed E-state index contributed by atoms with van der Waals surface area (Å²) in [6.07, 6.45) is 3.98. The van der Waals surface area contributed by atoms with E-state index in [1.807, 2.05) is 79.7 Å². The largest absolute Gasteiger partial charge is 0.497 e. The molecular weight excluding hydrogens is 410 g/mol. The number of para-hydroxylation sites is 2. The van der Waals surface area contributed by atoms with Gasteiger partial charge in [-0.15, -0.1) is 0 Å². The van der Waals surface area contributed by atoms with Crippen LogP contribution in [0.25, 0.3) is 39.6 Å². The van der Waals surface area contributed by atoms with Gasteiger partial charge >= 0.3 is 0 Å². The second-order valence-corrected chi connectivity index (χ2v) is 8.19. The SMILES string of the molecule is COc1ccc2c(c1)c(C=Cc1nc3ccccc3c(=O)n1-c1ccccc1C)c(C)n2C. The van der Waals surface area contributed by atoms with Crippen molar-refractivity contribution in [2.75, 3.05) is 7.11 Å². The molecule has 0 aliphatic rings. The van der Waals surface area contributed by atoms with Crippen LogP contribution in [0.15, 0.2) is 71.5 Å². The van der Waals surface area contributed by atoms with Gasteiger partial charge in [-0.2, -0.15) is 0 Å². The molecule has 0 spiro atoms. The molecule has 164 valence electrons. The first-order valence-corrected chi connectivity index (χ1v) is 10.9. The summed E-state index contributed by atoms with van der Waals surface area (Å²) in [6.45, 7) is 4.10. The van der Waals surface area contributed by atoms with E-state index in [1.165, 1.54) is 0 Å². The first-order chi connectivity index (χ1) is 16.0. The van der Waals surface area contributed by atoms with Crippen molar-refractivity contribution in [2.45, 2.75) is 13.8 Å². The Morgan fingerprint density at radius 3 is 2.45 bits per heavy atom. The molecule has 0 N–H and O–H groups in total. The lowest BCUT2D eigenvalue weighted by Gasteiger charge is -2.13. The van der Waals surface area contributed by atoms with E-state index in [2.05, 4.69) is 24.6 Å². The molecule has 0 atom stereocenters. The van der Waals surface area contributed by atoms with E-state index in [0.29, 0.717) is 16.7 Å². The quantitative estimate of drug-likeness (QED) is 0.365. The number of rotatable bonds is 4. The van der Waals surface area contributed by atoms with Crippen LogP contribution >= 0.6 is 0 Å². The van der Waals surface area contributed by atoms with Gasteiger partial charge in [0.05, 0.1) is 23.7 Å². The molecule has 3 aromatic carbocycles. The number of fused-ring (bicyclic) bond motifs is 2. The Bertz CT molecular complexity index is 1610. The summed E-state index contributed by atoms with van der Waals surface area (Å²) in [4.78, 5) is 18.4. The van der Waals surface area contributed by atoms with E-state index in [1.54, 1.807) is 11.7 Å². The number of methoxy groups -OCH3 is 1. The van der Waals surface area contributed by atoms with Crippen LogP contribution in [-0.2, 0) is 7.05 Å². The predicted octanol–water partition coefficient (Wildman–Crippen LogP) is 5.67. The van der Waals surface area contributed by atoms with Crippen molar-refractivity contribution in [1.82, 2.24) is 14.1 Å². The molecule has 0 aliphatic carbocycles. The van der Waals surface area contributed by atoms with E-state index in [4.69, 9.17) is 9.72 Å². The second-order valence-electron chi connectivity index (χ2n) is 8.19. The zero-order valence-corrected chi connectivity index (χ0v) is 19.2. The van der Waals surface area contributed by atoms with Gasteiger partial charge in [0, 0.05) is 29.2 Å². The highest BCUT2D eigenvalue weighted by Gasteiger charge is 2.14. The maximum absolute atomic E-state index is 13.5. The third-order valence-corrected chi connectivity index (χ3v) is 6.31. The smallest absolute Gasteiger partial charge is 0.266 e. The molecule has 5 rings (SSSR count). The van der Waals surface area contributed by atoms with E-state index < -0.39 is 0 Å². The normalized spacial score (nSPS) is 11.6. The van der Waals surface area contributed by atoms with Gasteiger partial charge in [-0.3, -0.25) is 9.36 Å². The molecule has 2 aromatic heterocycles. The summed E-state index contributed by atoms with van der Waals surface area (Å²) < 4.78 is 9.32. The zero-order valence-electron chi connectivity index (χ0n) is 19.2. The molecule has 5 heteroatoms. The molecule has 2 heterocycles. The Labute approximate surface area is 192 Å². The van der Waals surface area contributed by atoms with Gasteiger partial charge < -0.3 is 9.30 Å². The topological polar surface area (TPSA) is 49.0 Å². The monoisotopic (exact) mass is 435 g/mol. The Kier molecular flexibility index (Phi) is 5.09. The highest BCUT2D eigenvalue weighted by atomic mass is 16.5. The summed E-state index contributed by atoms with van der Waals surface area (Å²) in [6, 6.07) is 21.4. The molecule has 0 saturated heterocycles. The standard InChI is InChI=1S/C28H25N3O2/c1-18-9-5-8-12-25(18)31-27(29-24-11-7-6-10-22(24)28(31)32)16-14-21-19(2)30(3)26-15-13-20(33-4)17-23(21)26/h5-17H,1-4H3. The number of benzene rings is 3. The third kappa shape index (κ3) is 3.42. The van der Waals surface area contributed by atoms with Crippen LogP contribution < -0.4 is 10.3 Å². The Morgan fingerprint density at radius 2 is 1.67 bits per heavy atom. The Hall–Kier alpha value is -4.12. The maximum atomic E-state index is 13.5.